The second kappa shape index (κ2) is 5.41. The van der Waals surface area contributed by atoms with Crippen LogP contribution in [0.3, 0.4) is 0 Å². The van der Waals surface area contributed by atoms with Crippen LogP contribution in [0.1, 0.15) is 18.1 Å². The molecule has 4 nitrogen and oxygen atoms in total. The number of rotatable bonds is 4. The van der Waals surface area contributed by atoms with Gasteiger partial charge in [-0.2, -0.15) is 0 Å². The van der Waals surface area contributed by atoms with Crippen LogP contribution in [-0.4, -0.2) is 30.1 Å². The molecule has 0 radical (unpaired) electrons. The lowest BCUT2D eigenvalue weighted by Gasteiger charge is -2.16. The minimum atomic E-state index is -1.28. The molecule has 6 heteroatoms. The maximum Gasteiger partial charge on any atom is 0.221 e. The summed E-state index contributed by atoms with van der Waals surface area (Å²) in [6.45, 7) is 0.461. The minimum absolute atomic E-state index is 0.00250. The summed E-state index contributed by atoms with van der Waals surface area (Å²) in [4.78, 5) is 10.9. The quantitative estimate of drug-likeness (QED) is 0.734. The van der Waals surface area contributed by atoms with Crippen LogP contribution in [0.4, 0.5) is 8.78 Å². The van der Waals surface area contributed by atoms with Crippen molar-refractivity contribution in [3.8, 4) is 0 Å². The highest BCUT2D eigenvalue weighted by molar-refractivity contribution is 5.78. The van der Waals surface area contributed by atoms with Gasteiger partial charge in [0.1, 0.15) is 11.6 Å². The van der Waals surface area contributed by atoms with Crippen molar-refractivity contribution in [2.24, 2.45) is 0 Å². The van der Waals surface area contributed by atoms with Crippen LogP contribution in [0.25, 0.3) is 0 Å². The molecule has 2 unspecified atom stereocenters. The van der Waals surface area contributed by atoms with Gasteiger partial charge in [-0.1, -0.05) is 6.07 Å². The molecule has 1 aromatic rings. The lowest BCUT2D eigenvalue weighted by atomic mass is 10.1. The molecule has 0 aliphatic carbocycles. The molecule has 1 aromatic carbocycles. The first-order valence-electron chi connectivity index (χ1n) is 5.70. The Balaban J connectivity index is 1.95. The van der Waals surface area contributed by atoms with Crippen molar-refractivity contribution in [3.63, 3.8) is 0 Å². The van der Waals surface area contributed by atoms with Gasteiger partial charge in [-0.05, 0) is 12.1 Å². The zero-order valence-corrected chi connectivity index (χ0v) is 9.62. The topological polar surface area (TPSA) is 61.4 Å². The van der Waals surface area contributed by atoms with Gasteiger partial charge in [0, 0.05) is 25.6 Å². The molecule has 1 aliphatic rings. The van der Waals surface area contributed by atoms with Gasteiger partial charge in [0.25, 0.3) is 0 Å². The predicted molar refractivity (Wildman–Crippen MR) is 60.7 cm³/mol. The third-order valence-electron chi connectivity index (χ3n) is 2.91. The zero-order valence-electron chi connectivity index (χ0n) is 9.62. The van der Waals surface area contributed by atoms with Gasteiger partial charge in [0.05, 0.1) is 11.7 Å². The fourth-order valence-corrected chi connectivity index (χ4v) is 1.96. The third-order valence-corrected chi connectivity index (χ3v) is 2.91. The largest absolute Gasteiger partial charge is 0.387 e. The van der Waals surface area contributed by atoms with E-state index in [1.165, 1.54) is 6.07 Å². The van der Waals surface area contributed by atoms with Crippen molar-refractivity contribution in [3.05, 3.63) is 35.4 Å². The fraction of sp³-hybridized carbons (Fsp3) is 0.417. The molecule has 1 amide bonds. The average molecular weight is 256 g/mol. The Kier molecular flexibility index (Phi) is 3.88. The van der Waals surface area contributed by atoms with Crippen LogP contribution in [-0.2, 0) is 4.79 Å². The summed E-state index contributed by atoms with van der Waals surface area (Å²) >= 11 is 0. The second-order valence-electron chi connectivity index (χ2n) is 4.26. The molecule has 2 rings (SSSR count). The number of hydrogen-bond acceptors (Lipinski definition) is 3. The Morgan fingerprint density at radius 2 is 2.11 bits per heavy atom. The number of aliphatic hydroxyl groups excluding tert-OH is 1. The predicted octanol–water partition coefficient (Wildman–Crippen LogP) is 0.476. The van der Waals surface area contributed by atoms with Gasteiger partial charge in [0.2, 0.25) is 5.91 Å². The first-order valence-corrected chi connectivity index (χ1v) is 5.70. The van der Waals surface area contributed by atoms with Gasteiger partial charge >= 0.3 is 0 Å². The fourth-order valence-electron chi connectivity index (χ4n) is 1.96. The molecular weight excluding hydrogens is 242 g/mol. The summed E-state index contributed by atoms with van der Waals surface area (Å²) in [5, 5.41) is 15.3. The number of aliphatic hydroxyl groups is 1. The van der Waals surface area contributed by atoms with Crippen LogP contribution < -0.4 is 10.6 Å². The lowest BCUT2D eigenvalue weighted by Crippen LogP contribution is -2.34. The molecule has 1 aliphatic heterocycles. The van der Waals surface area contributed by atoms with Crippen molar-refractivity contribution >= 4 is 5.91 Å². The average Bonchev–Trinajstić information content (AvgIpc) is 2.72. The van der Waals surface area contributed by atoms with Gasteiger partial charge in [-0.15, -0.1) is 0 Å². The van der Waals surface area contributed by atoms with E-state index < -0.39 is 17.7 Å². The van der Waals surface area contributed by atoms with Gasteiger partial charge in [-0.3, -0.25) is 4.79 Å². The standard InChI is InChI=1S/C12H14F2N2O2/c13-8-2-1-3-9(14)12(8)10(17)6-15-7-4-11(18)16-5-7/h1-3,7,10,15,17H,4-6H2,(H,16,18). The molecule has 0 aromatic heterocycles. The molecule has 98 valence electrons. The van der Waals surface area contributed by atoms with Gasteiger partial charge in [0.15, 0.2) is 0 Å². The SMILES string of the molecule is O=C1CC(NCC(O)c2c(F)cccc2F)CN1. The van der Waals surface area contributed by atoms with Crippen molar-refractivity contribution in [2.75, 3.05) is 13.1 Å². The van der Waals surface area contributed by atoms with Crippen LogP contribution in [0.5, 0.6) is 0 Å². The Hall–Kier alpha value is -1.53. The second-order valence-corrected chi connectivity index (χ2v) is 4.26. The van der Waals surface area contributed by atoms with Crippen LogP contribution >= 0.6 is 0 Å². The van der Waals surface area contributed by atoms with Crippen molar-refractivity contribution in [2.45, 2.75) is 18.6 Å². The van der Waals surface area contributed by atoms with Crippen LogP contribution in [0.15, 0.2) is 18.2 Å². The van der Waals surface area contributed by atoms with Gasteiger partial charge < -0.3 is 15.7 Å². The van der Waals surface area contributed by atoms with E-state index in [0.717, 1.165) is 12.1 Å². The number of benzene rings is 1. The number of carbonyl (C=O) groups is 1. The molecule has 1 fully saturated rings. The lowest BCUT2D eigenvalue weighted by molar-refractivity contribution is -0.119. The molecule has 0 bridgehead atoms. The summed E-state index contributed by atoms with van der Waals surface area (Å²) < 4.78 is 26.7. The van der Waals surface area contributed by atoms with Crippen LogP contribution in [0.2, 0.25) is 0 Å². The molecule has 0 spiro atoms. The number of carbonyl (C=O) groups excluding carboxylic acids is 1. The van der Waals surface area contributed by atoms with E-state index in [0.29, 0.717) is 13.0 Å². The number of nitrogens with one attached hydrogen (secondary N) is 2. The minimum Gasteiger partial charge on any atom is -0.387 e. The molecule has 2 atom stereocenters. The Labute approximate surface area is 103 Å². The summed E-state index contributed by atoms with van der Waals surface area (Å²) in [6, 6.07) is 3.33. The summed E-state index contributed by atoms with van der Waals surface area (Å²) in [6.07, 6.45) is -0.964. The third kappa shape index (κ3) is 2.83. The van der Waals surface area contributed by atoms with Gasteiger partial charge in [-0.25, -0.2) is 8.78 Å². The highest BCUT2D eigenvalue weighted by atomic mass is 19.1. The number of halogens is 2. The van der Waals surface area contributed by atoms with E-state index in [9.17, 15) is 18.7 Å². The molecule has 1 saturated heterocycles. The first-order chi connectivity index (χ1) is 8.58. The maximum absolute atomic E-state index is 13.4. The van der Waals surface area contributed by atoms with E-state index >= 15 is 0 Å². The van der Waals surface area contributed by atoms with E-state index in [1.807, 2.05) is 0 Å². The van der Waals surface area contributed by atoms with E-state index in [2.05, 4.69) is 10.6 Å². The molecule has 18 heavy (non-hydrogen) atoms. The Morgan fingerprint density at radius 3 is 2.67 bits per heavy atom. The highest BCUT2D eigenvalue weighted by Gasteiger charge is 2.23. The first kappa shape index (κ1) is 12.9. The van der Waals surface area contributed by atoms with Crippen molar-refractivity contribution in [1.82, 2.24) is 10.6 Å². The molecule has 0 saturated carbocycles. The zero-order chi connectivity index (χ0) is 13.1. The van der Waals surface area contributed by atoms with Crippen LogP contribution in [0, 0.1) is 11.6 Å². The highest BCUT2D eigenvalue weighted by Crippen LogP contribution is 2.20. The Morgan fingerprint density at radius 1 is 1.44 bits per heavy atom. The van der Waals surface area contributed by atoms with E-state index in [1.54, 1.807) is 0 Å². The number of hydrogen-bond donors (Lipinski definition) is 3. The van der Waals surface area contributed by atoms with E-state index in [4.69, 9.17) is 0 Å². The normalized spacial score (nSPS) is 20.8. The monoisotopic (exact) mass is 256 g/mol. The smallest absolute Gasteiger partial charge is 0.221 e. The van der Waals surface area contributed by atoms with Crippen molar-refractivity contribution in [1.29, 1.82) is 0 Å². The summed E-state index contributed by atoms with van der Waals surface area (Å²) in [7, 11) is 0. The molecule has 1 heterocycles. The summed E-state index contributed by atoms with van der Waals surface area (Å²) in [5.74, 6) is -1.62. The molecule has 3 N–H and O–H groups in total. The Bertz CT molecular complexity index is 433. The molecular formula is C12H14F2N2O2. The van der Waals surface area contributed by atoms with Crippen molar-refractivity contribution < 1.29 is 18.7 Å². The summed E-state index contributed by atoms with van der Waals surface area (Å²) in [5.41, 5.74) is -0.345. The number of amides is 1. The maximum atomic E-state index is 13.4. The van der Waals surface area contributed by atoms with E-state index in [-0.39, 0.29) is 24.1 Å².